The van der Waals surface area contributed by atoms with Crippen molar-refractivity contribution in [2.75, 3.05) is 24.6 Å². The Labute approximate surface area is 110 Å². The van der Waals surface area contributed by atoms with Gasteiger partial charge in [0.05, 0.1) is 0 Å². The molecule has 1 amide bonds. The Morgan fingerprint density at radius 3 is 2.78 bits per heavy atom. The van der Waals surface area contributed by atoms with Crippen LogP contribution in [0.15, 0.2) is 24.3 Å². The highest BCUT2D eigenvalue weighted by molar-refractivity contribution is 7.84. The average molecular weight is 268 g/mol. The summed E-state index contributed by atoms with van der Waals surface area (Å²) in [6, 6.07) is 7.43. The molecule has 1 rings (SSSR count). The van der Waals surface area contributed by atoms with Gasteiger partial charge in [-0.05, 0) is 24.6 Å². The van der Waals surface area contributed by atoms with E-state index in [9.17, 15) is 9.00 Å². The molecule has 1 aromatic carbocycles. The van der Waals surface area contributed by atoms with E-state index in [0.29, 0.717) is 36.6 Å². The number of nitrogens with one attached hydrogen (secondary N) is 1. The second kappa shape index (κ2) is 8.00. The Morgan fingerprint density at radius 1 is 1.39 bits per heavy atom. The highest BCUT2D eigenvalue weighted by atomic mass is 32.2. The van der Waals surface area contributed by atoms with E-state index >= 15 is 0 Å². The summed E-state index contributed by atoms with van der Waals surface area (Å²) in [5, 5.41) is 2.79. The zero-order chi connectivity index (χ0) is 13.4. The fourth-order valence-electron chi connectivity index (χ4n) is 1.63. The van der Waals surface area contributed by atoms with Crippen LogP contribution in [0.25, 0.3) is 0 Å². The maximum atomic E-state index is 12.0. The highest BCUT2D eigenvalue weighted by Crippen LogP contribution is 2.08. The monoisotopic (exact) mass is 268 g/mol. The van der Waals surface area contributed by atoms with Crippen LogP contribution in [-0.2, 0) is 17.2 Å². The largest absolute Gasteiger partial charge is 0.351 e. The van der Waals surface area contributed by atoms with Crippen molar-refractivity contribution in [2.45, 2.75) is 13.3 Å². The summed E-state index contributed by atoms with van der Waals surface area (Å²) in [4.78, 5) is 12.0. The molecule has 0 bridgehead atoms. The lowest BCUT2D eigenvalue weighted by atomic mass is 10.0. The number of nitrogens with two attached hydrogens (primary N) is 1. The predicted molar refractivity (Wildman–Crippen MR) is 75.1 cm³/mol. The molecule has 0 fully saturated rings. The van der Waals surface area contributed by atoms with Crippen LogP contribution in [-0.4, -0.2) is 34.7 Å². The molecule has 0 heterocycles. The fraction of sp³-hybridized carbons (Fsp3) is 0.462. The summed E-state index contributed by atoms with van der Waals surface area (Å²) in [5.74, 6) is 1.01. The van der Waals surface area contributed by atoms with Gasteiger partial charge in [0, 0.05) is 34.4 Å². The van der Waals surface area contributed by atoms with Crippen LogP contribution in [0, 0.1) is 0 Å². The number of carbonyl (C=O) groups excluding carboxylic acids is 1. The summed E-state index contributed by atoms with van der Waals surface area (Å²) >= 11 is 0. The third-order valence-electron chi connectivity index (χ3n) is 2.61. The summed E-state index contributed by atoms with van der Waals surface area (Å²) in [5.41, 5.74) is 7.13. The van der Waals surface area contributed by atoms with Gasteiger partial charge in [-0.3, -0.25) is 9.00 Å². The zero-order valence-electron chi connectivity index (χ0n) is 10.6. The minimum absolute atomic E-state index is 0.118. The third kappa shape index (κ3) is 4.58. The molecule has 18 heavy (non-hydrogen) atoms. The van der Waals surface area contributed by atoms with Crippen molar-refractivity contribution >= 4 is 16.7 Å². The molecule has 0 aliphatic carbocycles. The number of hydrogen-bond donors (Lipinski definition) is 2. The maximum absolute atomic E-state index is 12.0. The van der Waals surface area contributed by atoms with Crippen molar-refractivity contribution in [2.24, 2.45) is 5.73 Å². The molecule has 1 aromatic rings. The smallest absolute Gasteiger partial charge is 0.251 e. The van der Waals surface area contributed by atoms with Gasteiger partial charge in [-0.1, -0.05) is 25.1 Å². The molecule has 0 aromatic heterocycles. The molecule has 0 spiro atoms. The van der Waals surface area contributed by atoms with Crippen molar-refractivity contribution in [3.63, 3.8) is 0 Å². The average Bonchev–Trinajstić information content (AvgIpc) is 2.39. The first-order valence-electron chi connectivity index (χ1n) is 6.10. The normalized spacial score (nSPS) is 12.1. The summed E-state index contributed by atoms with van der Waals surface area (Å²) < 4.78 is 11.2. The van der Waals surface area contributed by atoms with Crippen molar-refractivity contribution in [1.29, 1.82) is 0 Å². The number of carbonyl (C=O) groups is 1. The molecule has 0 radical (unpaired) electrons. The van der Waals surface area contributed by atoms with Crippen molar-refractivity contribution in [1.82, 2.24) is 5.32 Å². The van der Waals surface area contributed by atoms with E-state index in [1.807, 2.05) is 25.1 Å². The Hall–Kier alpha value is -1.20. The molecular formula is C13H20N2O2S. The van der Waals surface area contributed by atoms with Gasteiger partial charge in [0.15, 0.2) is 0 Å². The lowest BCUT2D eigenvalue weighted by Gasteiger charge is -2.09. The molecule has 5 heteroatoms. The second-order valence-electron chi connectivity index (χ2n) is 3.88. The molecule has 1 atom stereocenters. The van der Waals surface area contributed by atoms with E-state index in [1.54, 1.807) is 6.07 Å². The van der Waals surface area contributed by atoms with Crippen LogP contribution in [0.2, 0.25) is 0 Å². The zero-order valence-corrected chi connectivity index (χ0v) is 11.5. The van der Waals surface area contributed by atoms with Gasteiger partial charge in [0.25, 0.3) is 5.91 Å². The van der Waals surface area contributed by atoms with Crippen molar-refractivity contribution < 1.29 is 9.00 Å². The van der Waals surface area contributed by atoms with Crippen LogP contribution in [0.3, 0.4) is 0 Å². The third-order valence-corrected chi connectivity index (χ3v) is 3.92. The van der Waals surface area contributed by atoms with E-state index < -0.39 is 10.8 Å². The second-order valence-corrected chi connectivity index (χ2v) is 5.75. The van der Waals surface area contributed by atoms with Gasteiger partial charge < -0.3 is 11.1 Å². The van der Waals surface area contributed by atoms with Crippen LogP contribution in [0.4, 0.5) is 0 Å². The molecular weight excluding hydrogens is 248 g/mol. The molecule has 0 saturated heterocycles. The topological polar surface area (TPSA) is 72.2 Å². The Bertz CT molecular complexity index is 421. The number of amides is 1. The van der Waals surface area contributed by atoms with Gasteiger partial charge in [-0.2, -0.15) is 0 Å². The lowest BCUT2D eigenvalue weighted by Crippen LogP contribution is -2.29. The number of rotatable bonds is 7. The predicted octanol–water partition coefficient (Wildman–Crippen LogP) is 0.686. The van der Waals surface area contributed by atoms with Gasteiger partial charge in [-0.15, -0.1) is 0 Å². The van der Waals surface area contributed by atoms with E-state index in [0.717, 1.165) is 5.56 Å². The van der Waals surface area contributed by atoms with E-state index in [-0.39, 0.29) is 5.91 Å². The molecule has 0 aliphatic rings. The highest BCUT2D eigenvalue weighted by Gasteiger charge is 2.09. The number of benzene rings is 1. The molecule has 0 saturated carbocycles. The Kier molecular flexibility index (Phi) is 6.60. The quantitative estimate of drug-likeness (QED) is 0.764. The first-order valence-corrected chi connectivity index (χ1v) is 7.59. The van der Waals surface area contributed by atoms with Crippen molar-refractivity contribution in [3.8, 4) is 0 Å². The molecule has 4 nitrogen and oxygen atoms in total. The SMILES string of the molecule is CCS(=O)CCNC(=O)c1ccccc1CCN. The molecule has 1 unspecified atom stereocenters. The van der Waals surface area contributed by atoms with Gasteiger partial charge in [0.1, 0.15) is 0 Å². The lowest BCUT2D eigenvalue weighted by molar-refractivity contribution is 0.0955. The van der Waals surface area contributed by atoms with Gasteiger partial charge in [0.2, 0.25) is 0 Å². The fourth-order valence-corrected chi connectivity index (χ4v) is 2.25. The maximum Gasteiger partial charge on any atom is 0.251 e. The van der Waals surface area contributed by atoms with Crippen LogP contribution in [0.5, 0.6) is 0 Å². The Balaban J connectivity index is 2.58. The van der Waals surface area contributed by atoms with Gasteiger partial charge in [-0.25, -0.2) is 0 Å². The van der Waals surface area contributed by atoms with Crippen LogP contribution < -0.4 is 11.1 Å². The van der Waals surface area contributed by atoms with E-state index in [1.165, 1.54) is 0 Å². The number of hydrogen-bond acceptors (Lipinski definition) is 3. The molecule has 0 aliphatic heterocycles. The first-order chi connectivity index (χ1) is 8.69. The minimum Gasteiger partial charge on any atom is -0.351 e. The van der Waals surface area contributed by atoms with Crippen molar-refractivity contribution in [3.05, 3.63) is 35.4 Å². The summed E-state index contributed by atoms with van der Waals surface area (Å²) in [6.07, 6.45) is 0.685. The summed E-state index contributed by atoms with van der Waals surface area (Å²) in [7, 11) is -0.843. The first kappa shape index (κ1) is 14.9. The molecule has 3 N–H and O–H groups in total. The van der Waals surface area contributed by atoms with Crippen LogP contribution >= 0.6 is 0 Å². The standard InChI is InChI=1S/C13H20N2O2S/c1-2-18(17)10-9-15-13(16)12-6-4-3-5-11(12)7-8-14/h3-6H,2,7-10,14H2,1H3,(H,15,16). The van der Waals surface area contributed by atoms with Gasteiger partial charge >= 0.3 is 0 Å². The van der Waals surface area contributed by atoms with Crippen LogP contribution in [0.1, 0.15) is 22.8 Å². The Morgan fingerprint density at radius 2 is 2.11 bits per heavy atom. The summed E-state index contributed by atoms with van der Waals surface area (Å²) in [6.45, 7) is 2.83. The van der Waals surface area contributed by atoms with E-state index in [4.69, 9.17) is 5.73 Å². The minimum atomic E-state index is -0.843. The van der Waals surface area contributed by atoms with E-state index in [2.05, 4.69) is 5.32 Å². The molecule has 100 valence electrons.